The highest BCUT2D eigenvalue weighted by Crippen LogP contribution is 2.18. The molecule has 0 heterocycles. The lowest BCUT2D eigenvalue weighted by Gasteiger charge is -2.20. The smallest absolute Gasteiger partial charge is 0.305 e. The summed E-state index contributed by atoms with van der Waals surface area (Å²) in [6.45, 7) is 4.93. The topological polar surface area (TPSA) is 95.9 Å². The highest BCUT2D eigenvalue weighted by atomic mass is 16.5. The highest BCUT2D eigenvalue weighted by molar-refractivity contribution is 5.76. The van der Waals surface area contributed by atoms with E-state index in [-0.39, 0.29) is 18.5 Å². The molecule has 422 valence electrons. The van der Waals surface area contributed by atoms with Crippen LogP contribution in [0.15, 0.2) is 12.2 Å². The lowest BCUT2D eigenvalue weighted by Crippen LogP contribution is -2.45. The maximum atomic E-state index is 12.5. The Morgan fingerprint density at radius 3 is 0.958 bits per heavy atom. The van der Waals surface area contributed by atoms with Crippen LogP contribution in [-0.2, 0) is 14.3 Å². The van der Waals surface area contributed by atoms with Crippen LogP contribution in [0.1, 0.15) is 367 Å². The number of esters is 1. The van der Waals surface area contributed by atoms with Gasteiger partial charge in [-0.1, -0.05) is 334 Å². The Balaban J connectivity index is 3.36. The van der Waals surface area contributed by atoms with Gasteiger partial charge < -0.3 is 20.3 Å². The Hall–Kier alpha value is -1.40. The number of nitrogens with one attached hydrogen (secondary N) is 1. The number of hydrogen-bond donors (Lipinski definition) is 3. The Kier molecular flexibility index (Phi) is 59.9. The van der Waals surface area contributed by atoms with Gasteiger partial charge in [0.25, 0.3) is 0 Å². The minimum absolute atomic E-state index is 0.0190. The third-order valence-corrected chi connectivity index (χ3v) is 15.3. The number of amides is 1. The summed E-state index contributed by atoms with van der Waals surface area (Å²) in [6, 6.07) is -0.625. The van der Waals surface area contributed by atoms with E-state index in [0.29, 0.717) is 19.4 Å². The van der Waals surface area contributed by atoms with Crippen LogP contribution in [-0.4, -0.2) is 47.4 Å². The van der Waals surface area contributed by atoms with Crippen molar-refractivity contribution >= 4 is 11.9 Å². The number of aliphatic hydroxyl groups excluding tert-OH is 2. The van der Waals surface area contributed by atoms with Crippen molar-refractivity contribution in [1.82, 2.24) is 5.32 Å². The van der Waals surface area contributed by atoms with Crippen LogP contribution in [0.4, 0.5) is 0 Å². The molecule has 0 spiro atoms. The molecule has 0 aliphatic rings. The molecule has 0 aromatic heterocycles. The van der Waals surface area contributed by atoms with Crippen molar-refractivity contribution in [1.29, 1.82) is 0 Å². The molecule has 0 aliphatic heterocycles. The maximum absolute atomic E-state index is 12.5. The first-order valence-corrected chi connectivity index (χ1v) is 32.5. The molecule has 0 bridgehead atoms. The number of carbonyl (C=O) groups excluding carboxylic acids is 2. The Morgan fingerprint density at radius 1 is 0.380 bits per heavy atom. The van der Waals surface area contributed by atoms with Gasteiger partial charge in [-0.2, -0.15) is 0 Å². The van der Waals surface area contributed by atoms with Gasteiger partial charge in [0.1, 0.15) is 0 Å². The summed E-state index contributed by atoms with van der Waals surface area (Å²) in [4.78, 5) is 24.5. The molecule has 2 atom stereocenters. The average molecular weight is 1000 g/mol. The molecule has 0 aromatic rings. The number of ether oxygens (including phenoxy) is 1. The molecule has 0 saturated heterocycles. The summed E-state index contributed by atoms with van der Waals surface area (Å²) in [5.74, 6) is -0.0442. The third kappa shape index (κ3) is 57.7. The second kappa shape index (κ2) is 61.1. The number of unbranched alkanes of at least 4 members (excludes halogenated alkanes) is 50. The Labute approximate surface area is 444 Å². The van der Waals surface area contributed by atoms with Crippen LogP contribution in [0.2, 0.25) is 0 Å². The summed E-state index contributed by atoms with van der Waals surface area (Å²) < 4.78 is 5.49. The number of carbonyl (C=O) groups is 2. The van der Waals surface area contributed by atoms with E-state index in [0.717, 1.165) is 38.5 Å². The zero-order valence-corrected chi connectivity index (χ0v) is 48.2. The van der Waals surface area contributed by atoms with E-state index in [1.165, 1.54) is 302 Å². The second-order valence-electron chi connectivity index (χ2n) is 22.5. The van der Waals surface area contributed by atoms with E-state index in [1.54, 1.807) is 6.08 Å². The molecule has 2 unspecified atom stereocenters. The first-order chi connectivity index (χ1) is 35.0. The van der Waals surface area contributed by atoms with Crippen LogP contribution in [0, 0.1) is 0 Å². The lowest BCUT2D eigenvalue weighted by molar-refractivity contribution is -0.143. The normalized spacial score (nSPS) is 12.6. The highest BCUT2D eigenvalue weighted by Gasteiger charge is 2.18. The first kappa shape index (κ1) is 69.6. The van der Waals surface area contributed by atoms with E-state index in [2.05, 4.69) is 19.2 Å². The second-order valence-corrected chi connectivity index (χ2v) is 22.5. The van der Waals surface area contributed by atoms with Gasteiger partial charge >= 0.3 is 5.97 Å². The molecule has 1 amide bonds. The van der Waals surface area contributed by atoms with Gasteiger partial charge in [-0.25, -0.2) is 0 Å². The van der Waals surface area contributed by atoms with Gasteiger partial charge in [0.05, 0.1) is 25.4 Å². The summed E-state index contributed by atoms with van der Waals surface area (Å²) in [7, 11) is 0. The van der Waals surface area contributed by atoms with Gasteiger partial charge in [0.2, 0.25) is 5.91 Å². The van der Waals surface area contributed by atoms with Crippen molar-refractivity contribution in [2.75, 3.05) is 13.2 Å². The monoisotopic (exact) mass is 1000 g/mol. The fraction of sp³-hybridized carbons (Fsp3) is 0.938. The number of hydrogen-bond acceptors (Lipinski definition) is 5. The van der Waals surface area contributed by atoms with Crippen molar-refractivity contribution in [3.63, 3.8) is 0 Å². The zero-order valence-electron chi connectivity index (χ0n) is 48.2. The van der Waals surface area contributed by atoms with Crippen LogP contribution in [0.3, 0.4) is 0 Å². The number of allylic oxidation sites excluding steroid dienone is 1. The quantitative estimate of drug-likeness (QED) is 0.0320. The summed E-state index contributed by atoms with van der Waals surface area (Å²) in [5.41, 5.74) is 0. The molecule has 3 N–H and O–H groups in total. The van der Waals surface area contributed by atoms with E-state index < -0.39 is 12.1 Å². The molecular formula is C65H127NO5. The average Bonchev–Trinajstić information content (AvgIpc) is 3.37. The number of rotatable bonds is 61. The van der Waals surface area contributed by atoms with Crippen molar-refractivity contribution in [3.8, 4) is 0 Å². The number of aliphatic hydroxyl groups is 2. The fourth-order valence-electron chi connectivity index (χ4n) is 10.3. The predicted octanol–water partition coefficient (Wildman–Crippen LogP) is 20.4. The largest absolute Gasteiger partial charge is 0.466 e. The molecule has 6 heteroatoms. The minimum Gasteiger partial charge on any atom is -0.466 e. The zero-order chi connectivity index (χ0) is 51.4. The molecule has 6 nitrogen and oxygen atoms in total. The Morgan fingerprint density at radius 2 is 0.648 bits per heavy atom. The third-order valence-electron chi connectivity index (χ3n) is 15.3. The lowest BCUT2D eigenvalue weighted by atomic mass is 10.0. The Bertz CT molecular complexity index is 1060. The van der Waals surface area contributed by atoms with Gasteiger partial charge in [-0.3, -0.25) is 9.59 Å². The molecule has 0 rings (SSSR count). The summed E-state index contributed by atoms with van der Waals surface area (Å²) in [6.07, 6.45) is 74.1. The van der Waals surface area contributed by atoms with Crippen LogP contribution < -0.4 is 5.32 Å². The van der Waals surface area contributed by atoms with Crippen molar-refractivity contribution in [2.45, 2.75) is 379 Å². The van der Waals surface area contributed by atoms with Crippen molar-refractivity contribution in [3.05, 3.63) is 12.2 Å². The molecule has 71 heavy (non-hydrogen) atoms. The summed E-state index contributed by atoms with van der Waals surface area (Å²) >= 11 is 0. The van der Waals surface area contributed by atoms with Crippen LogP contribution in [0.25, 0.3) is 0 Å². The van der Waals surface area contributed by atoms with E-state index in [4.69, 9.17) is 4.74 Å². The molecular weight excluding hydrogens is 875 g/mol. The van der Waals surface area contributed by atoms with Gasteiger partial charge in [0, 0.05) is 12.8 Å². The van der Waals surface area contributed by atoms with Crippen LogP contribution in [0.5, 0.6) is 0 Å². The minimum atomic E-state index is -0.842. The van der Waals surface area contributed by atoms with Crippen LogP contribution >= 0.6 is 0 Å². The van der Waals surface area contributed by atoms with Gasteiger partial charge in [-0.05, 0) is 32.1 Å². The molecule has 0 aliphatic carbocycles. The van der Waals surface area contributed by atoms with E-state index in [1.807, 2.05) is 6.08 Å². The molecule has 0 fully saturated rings. The molecule has 0 aromatic carbocycles. The predicted molar refractivity (Wildman–Crippen MR) is 310 cm³/mol. The molecule has 0 radical (unpaired) electrons. The van der Waals surface area contributed by atoms with E-state index >= 15 is 0 Å². The van der Waals surface area contributed by atoms with E-state index in [9.17, 15) is 19.8 Å². The maximum Gasteiger partial charge on any atom is 0.305 e. The van der Waals surface area contributed by atoms with Gasteiger partial charge in [0.15, 0.2) is 0 Å². The van der Waals surface area contributed by atoms with Gasteiger partial charge in [-0.15, -0.1) is 0 Å². The van der Waals surface area contributed by atoms with Crippen molar-refractivity contribution < 1.29 is 24.5 Å². The SMILES string of the molecule is CCCCCCCCCCCCCCC/C=C/C(O)C(CO)NC(=O)CCCCCCCCCCCCCCCCCCCCCCCCCCCCOC(=O)CCCCCCCCCCCCCCC. The first-order valence-electron chi connectivity index (χ1n) is 32.5. The fourth-order valence-corrected chi connectivity index (χ4v) is 10.3. The standard InChI is InChI=1S/C65H127NO5/c1-3-5-7-9-11-13-15-17-30-34-37-41-45-49-53-57-63(68)62(61-67)66-64(69)58-54-50-46-42-38-35-31-28-26-24-22-20-18-19-21-23-25-27-29-32-36-40-44-48-52-56-60-71-65(70)59-55-51-47-43-39-33-16-14-12-10-8-6-4-2/h53,57,62-63,67-68H,3-52,54-56,58-61H2,1-2H3,(H,66,69)/b57-53+. The summed E-state index contributed by atoms with van der Waals surface area (Å²) in [5, 5.41) is 23.1. The van der Waals surface area contributed by atoms with Crippen molar-refractivity contribution in [2.24, 2.45) is 0 Å². The molecule has 0 saturated carbocycles.